The van der Waals surface area contributed by atoms with Crippen molar-refractivity contribution in [2.75, 3.05) is 13.1 Å². The largest absolute Gasteiger partial charge is 0.416 e. The second-order valence-electron chi connectivity index (χ2n) is 8.58. The van der Waals surface area contributed by atoms with E-state index in [1.165, 1.54) is 17.7 Å². The molecule has 1 saturated carbocycles. The van der Waals surface area contributed by atoms with Gasteiger partial charge >= 0.3 is 6.18 Å². The first kappa shape index (κ1) is 21.8. The number of carbonyl (C=O) groups is 1. The standard InChI is InChI=1S/C24H27F3N2O2/c25-24(26,27)22-4-2-1-3-19(22)20-13-21(20)23(31)28-14-16-5-7-17(8-6-16)15-29-11-9-18(30)10-12-29/h1-8,18,20-21,30H,9-15H2,(H,28,31). The Morgan fingerprint density at radius 1 is 1.03 bits per heavy atom. The number of hydrogen-bond donors (Lipinski definition) is 2. The molecule has 1 amide bonds. The average Bonchev–Trinajstić information content (AvgIpc) is 3.55. The van der Waals surface area contributed by atoms with Crippen LogP contribution in [0.1, 0.15) is 47.4 Å². The number of alkyl halides is 3. The molecular formula is C24H27F3N2O2. The summed E-state index contributed by atoms with van der Waals surface area (Å²) in [5.74, 6) is -0.974. The summed E-state index contributed by atoms with van der Waals surface area (Å²) in [5.41, 5.74) is 1.70. The number of piperidine rings is 1. The fourth-order valence-electron chi connectivity index (χ4n) is 4.33. The molecule has 2 aromatic rings. The number of aliphatic hydroxyl groups excluding tert-OH is 1. The molecule has 7 heteroatoms. The highest BCUT2D eigenvalue weighted by Crippen LogP contribution is 2.51. The molecule has 1 aliphatic carbocycles. The molecule has 0 bridgehead atoms. The molecule has 1 aliphatic heterocycles. The predicted molar refractivity (Wildman–Crippen MR) is 111 cm³/mol. The quantitative estimate of drug-likeness (QED) is 0.723. The van der Waals surface area contributed by atoms with Crippen molar-refractivity contribution in [2.45, 2.75) is 50.6 Å². The summed E-state index contributed by atoms with van der Waals surface area (Å²) >= 11 is 0. The lowest BCUT2D eigenvalue weighted by molar-refractivity contribution is -0.138. The highest BCUT2D eigenvalue weighted by Gasteiger charge is 2.47. The van der Waals surface area contributed by atoms with Crippen molar-refractivity contribution in [1.29, 1.82) is 0 Å². The van der Waals surface area contributed by atoms with Crippen LogP contribution in [-0.4, -0.2) is 35.1 Å². The first-order chi connectivity index (χ1) is 14.8. The molecule has 31 heavy (non-hydrogen) atoms. The Balaban J connectivity index is 1.27. The summed E-state index contributed by atoms with van der Waals surface area (Å²) in [6.07, 6.45) is -2.53. The van der Waals surface area contributed by atoms with Gasteiger partial charge in [-0.1, -0.05) is 42.5 Å². The molecule has 1 saturated heterocycles. The zero-order chi connectivity index (χ0) is 22.0. The van der Waals surface area contributed by atoms with Gasteiger partial charge in [0.05, 0.1) is 11.7 Å². The van der Waals surface area contributed by atoms with E-state index >= 15 is 0 Å². The van der Waals surface area contributed by atoms with Crippen molar-refractivity contribution in [3.05, 3.63) is 70.8 Å². The van der Waals surface area contributed by atoms with Crippen molar-refractivity contribution >= 4 is 5.91 Å². The Morgan fingerprint density at radius 3 is 2.35 bits per heavy atom. The molecule has 2 unspecified atom stereocenters. The number of halogens is 3. The minimum absolute atomic E-state index is 0.185. The zero-order valence-corrected chi connectivity index (χ0v) is 17.2. The molecule has 0 radical (unpaired) electrons. The smallest absolute Gasteiger partial charge is 0.393 e. The number of nitrogens with one attached hydrogen (secondary N) is 1. The van der Waals surface area contributed by atoms with Gasteiger partial charge in [0.25, 0.3) is 0 Å². The second-order valence-corrected chi connectivity index (χ2v) is 8.58. The monoisotopic (exact) mass is 432 g/mol. The average molecular weight is 432 g/mol. The van der Waals surface area contributed by atoms with Gasteiger partial charge in [-0.15, -0.1) is 0 Å². The van der Waals surface area contributed by atoms with Crippen molar-refractivity contribution < 1.29 is 23.1 Å². The number of carbonyl (C=O) groups excluding carboxylic acids is 1. The maximum atomic E-state index is 13.2. The van der Waals surface area contributed by atoms with E-state index in [-0.39, 0.29) is 23.5 Å². The van der Waals surface area contributed by atoms with Crippen LogP contribution < -0.4 is 5.32 Å². The van der Waals surface area contributed by atoms with Gasteiger partial charge in [-0.05, 0) is 47.9 Å². The molecule has 2 aliphatic rings. The fraction of sp³-hybridized carbons (Fsp3) is 0.458. The summed E-state index contributed by atoms with van der Waals surface area (Å²) in [6.45, 7) is 2.97. The van der Waals surface area contributed by atoms with Crippen LogP contribution in [0.25, 0.3) is 0 Å². The third kappa shape index (κ3) is 5.46. The van der Waals surface area contributed by atoms with E-state index < -0.39 is 17.7 Å². The van der Waals surface area contributed by atoms with Gasteiger partial charge in [0.1, 0.15) is 0 Å². The maximum Gasteiger partial charge on any atom is 0.416 e. The van der Waals surface area contributed by atoms with Gasteiger partial charge in [-0.2, -0.15) is 13.2 Å². The summed E-state index contributed by atoms with van der Waals surface area (Å²) < 4.78 is 39.7. The van der Waals surface area contributed by atoms with Crippen molar-refractivity contribution in [3.8, 4) is 0 Å². The van der Waals surface area contributed by atoms with Gasteiger partial charge in [0.2, 0.25) is 5.91 Å². The Labute approximate surface area is 180 Å². The molecular weight excluding hydrogens is 405 g/mol. The highest BCUT2D eigenvalue weighted by atomic mass is 19.4. The minimum atomic E-state index is -4.41. The van der Waals surface area contributed by atoms with E-state index in [2.05, 4.69) is 10.2 Å². The summed E-state index contributed by atoms with van der Waals surface area (Å²) in [5, 5.41) is 12.5. The molecule has 2 N–H and O–H groups in total. The molecule has 2 fully saturated rings. The van der Waals surface area contributed by atoms with Crippen LogP contribution in [0.3, 0.4) is 0 Å². The highest BCUT2D eigenvalue weighted by molar-refractivity contribution is 5.83. The zero-order valence-electron chi connectivity index (χ0n) is 17.2. The second kappa shape index (κ2) is 9.01. The lowest BCUT2D eigenvalue weighted by Crippen LogP contribution is -2.35. The molecule has 1 heterocycles. The topological polar surface area (TPSA) is 52.6 Å². The number of nitrogens with zero attached hydrogens (tertiary/aromatic N) is 1. The fourth-order valence-corrected chi connectivity index (χ4v) is 4.33. The van der Waals surface area contributed by atoms with E-state index in [1.54, 1.807) is 6.07 Å². The first-order valence-corrected chi connectivity index (χ1v) is 10.7. The molecule has 0 aromatic heterocycles. The van der Waals surface area contributed by atoms with Crippen LogP contribution in [0.15, 0.2) is 48.5 Å². The number of benzene rings is 2. The van der Waals surface area contributed by atoms with Gasteiger partial charge in [-0.25, -0.2) is 0 Å². The predicted octanol–water partition coefficient (Wildman–Crippen LogP) is 4.08. The van der Waals surface area contributed by atoms with E-state index in [0.717, 1.165) is 44.1 Å². The molecule has 0 spiro atoms. The third-order valence-corrected chi connectivity index (χ3v) is 6.25. The van der Waals surface area contributed by atoms with E-state index in [1.807, 2.05) is 24.3 Å². The number of aliphatic hydroxyl groups is 1. The van der Waals surface area contributed by atoms with E-state index in [0.29, 0.717) is 13.0 Å². The van der Waals surface area contributed by atoms with Gasteiger partial charge in [-0.3, -0.25) is 9.69 Å². The lowest BCUT2D eigenvalue weighted by atomic mass is 10.0. The molecule has 166 valence electrons. The van der Waals surface area contributed by atoms with Crippen LogP contribution in [0.2, 0.25) is 0 Å². The number of amides is 1. The van der Waals surface area contributed by atoms with Crippen LogP contribution >= 0.6 is 0 Å². The Kier molecular flexibility index (Phi) is 6.34. The van der Waals surface area contributed by atoms with Crippen LogP contribution in [0.4, 0.5) is 13.2 Å². The normalized spacial score (nSPS) is 22.3. The minimum Gasteiger partial charge on any atom is -0.393 e. The lowest BCUT2D eigenvalue weighted by Gasteiger charge is -2.29. The van der Waals surface area contributed by atoms with Gasteiger partial charge in [0.15, 0.2) is 0 Å². The summed E-state index contributed by atoms with van der Waals surface area (Å²) in [4.78, 5) is 14.8. The van der Waals surface area contributed by atoms with E-state index in [4.69, 9.17) is 0 Å². The van der Waals surface area contributed by atoms with Crippen molar-refractivity contribution in [3.63, 3.8) is 0 Å². The van der Waals surface area contributed by atoms with Crippen LogP contribution in [-0.2, 0) is 24.1 Å². The molecule has 2 aromatic carbocycles. The van der Waals surface area contributed by atoms with Crippen molar-refractivity contribution in [1.82, 2.24) is 10.2 Å². The van der Waals surface area contributed by atoms with Crippen LogP contribution in [0, 0.1) is 5.92 Å². The van der Waals surface area contributed by atoms with Gasteiger partial charge in [0, 0.05) is 32.1 Å². The summed E-state index contributed by atoms with van der Waals surface area (Å²) in [6, 6.07) is 13.5. The molecule has 4 nitrogen and oxygen atoms in total. The van der Waals surface area contributed by atoms with Crippen molar-refractivity contribution in [2.24, 2.45) is 5.92 Å². The number of rotatable bonds is 6. The van der Waals surface area contributed by atoms with Crippen LogP contribution in [0.5, 0.6) is 0 Å². The maximum absolute atomic E-state index is 13.2. The third-order valence-electron chi connectivity index (χ3n) is 6.25. The SMILES string of the molecule is O=C(NCc1ccc(CN2CCC(O)CC2)cc1)C1CC1c1ccccc1C(F)(F)F. The Morgan fingerprint density at radius 2 is 1.68 bits per heavy atom. The first-order valence-electron chi connectivity index (χ1n) is 10.7. The Hall–Kier alpha value is -2.38. The number of likely N-dealkylation sites (tertiary alicyclic amines) is 1. The summed E-state index contributed by atoms with van der Waals surface area (Å²) in [7, 11) is 0. The van der Waals surface area contributed by atoms with E-state index in [9.17, 15) is 23.1 Å². The molecule has 2 atom stereocenters. The number of hydrogen-bond acceptors (Lipinski definition) is 3. The molecule has 4 rings (SSSR count). The Bertz CT molecular complexity index is 906. The van der Waals surface area contributed by atoms with Gasteiger partial charge < -0.3 is 10.4 Å².